The highest BCUT2D eigenvalue weighted by Gasteiger charge is 2.11. The van der Waals surface area contributed by atoms with Crippen molar-refractivity contribution in [2.45, 2.75) is 26.8 Å². The molecule has 1 atom stereocenters. The van der Waals surface area contributed by atoms with Gasteiger partial charge >= 0.3 is 0 Å². The summed E-state index contributed by atoms with van der Waals surface area (Å²) in [5, 5.41) is 0. The lowest BCUT2D eigenvalue weighted by molar-refractivity contribution is -0.109. The van der Waals surface area contributed by atoms with E-state index < -0.39 is 0 Å². The molecule has 1 unspecified atom stereocenters. The van der Waals surface area contributed by atoms with Crippen molar-refractivity contribution in [1.29, 1.82) is 0 Å². The van der Waals surface area contributed by atoms with Crippen LogP contribution in [0.5, 0.6) is 0 Å². The van der Waals surface area contributed by atoms with E-state index in [-0.39, 0.29) is 0 Å². The molecule has 0 aromatic heterocycles. The molecule has 0 N–H and O–H groups in total. The molecule has 0 aromatic rings. The van der Waals surface area contributed by atoms with Gasteiger partial charge in [-0.3, -0.25) is 4.90 Å². The summed E-state index contributed by atoms with van der Waals surface area (Å²) in [4.78, 5) is 12.2. The second-order valence-corrected chi connectivity index (χ2v) is 3.09. The maximum absolute atomic E-state index is 10.1. The van der Waals surface area contributed by atoms with E-state index in [9.17, 15) is 4.79 Å². The standard InChI is InChI=1S/C8H17NO/c1-7(2)8(3)9(4)5-6-10/h6-8H,5H2,1-4H3. The van der Waals surface area contributed by atoms with Crippen LogP contribution in [0.4, 0.5) is 0 Å². The number of hydrogen-bond acceptors (Lipinski definition) is 2. The fourth-order valence-electron chi connectivity index (χ4n) is 0.793. The Hall–Kier alpha value is -0.370. The summed E-state index contributed by atoms with van der Waals surface area (Å²) in [5.74, 6) is 0.616. The third-order valence-corrected chi connectivity index (χ3v) is 2.02. The first kappa shape index (κ1) is 9.63. The van der Waals surface area contributed by atoms with Crippen molar-refractivity contribution in [1.82, 2.24) is 4.90 Å². The van der Waals surface area contributed by atoms with Crippen LogP contribution in [0.3, 0.4) is 0 Å². The zero-order valence-corrected chi connectivity index (χ0v) is 7.29. The molecular formula is C8H17NO. The van der Waals surface area contributed by atoms with Crippen molar-refractivity contribution in [2.75, 3.05) is 13.6 Å². The molecular weight excluding hydrogens is 126 g/mol. The predicted octanol–water partition coefficient (Wildman–Crippen LogP) is 1.16. The Morgan fingerprint density at radius 2 is 1.90 bits per heavy atom. The zero-order chi connectivity index (χ0) is 8.15. The monoisotopic (exact) mass is 143 g/mol. The smallest absolute Gasteiger partial charge is 0.133 e. The number of carbonyl (C=O) groups is 1. The molecule has 2 heteroatoms. The van der Waals surface area contributed by atoms with Gasteiger partial charge in [-0.1, -0.05) is 13.8 Å². The van der Waals surface area contributed by atoms with Gasteiger partial charge in [0.2, 0.25) is 0 Å². The van der Waals surface area contributed by atoms with E-state index in [1.807, 2.05) is 7.05 Å². The summed E-state index contributed by atoms with van der Waals surface area (Å²) in [5.41, 5.74) is 0. The van der Waals surface area contributed by atoms with Gasteiger partial charge in [0.05, 0.1) is 6.54 Å². The number of aldehydes is 1. The minimum absolute atomic E-state index is 0.491. The second-order valence-electron chi connectivity index (χ2n) is 3.09. The van der Waals surface area contributed by atoms with E-state index in [0.29, 0.717) is 18.5 Å². The largest absolute Gasteiger partial charge is 0.302 e. The molecule has 0 aliphatic heterocycles. The fourth-order valence-corrected chi connectivity index (χ4v) is 0.793. The normalized spacial score (nSPS) is 14.2. The van der Waals surface area contributed by atoms with Crippen molar-refractivity contribution >= 4 is 6.29 Å². The number of carbonyl (C=O) groups excluding carboxylic acids is 1. The Morgan fingerprint density at radius 1 is 1.40 bits per heavy atom. The summed E-state index contributed by atoms with van der Waals surface area (Å²) in [6, 6.07) is 0.491. The van der Waals surface area contributed by atoms with Crippen LogP contribution in [-0.4, -0.2) is 30.8 Å². The predicted molar refractivity (Wildman–Crippen MR) is 43.0 cm³/mol. The van der Waals surface area contributed by atoms with Gasteiger partial charge in [-0.2, -0.15) is 0 Å². The Labute approximate surface area is 63.2 Å². The van der Waals surface area contributed by atoms with Gasteiger partial charge in [-0.15, -0.1) is 0 Å². The van der Waals surface area contributed by atoms with Gasteiger partial charge in [-0.25, -0.2) is 0 Å². The van der Waals surface area contributed by atoms with Crippen molar-refractivity contribution < 1.29 is 4.79 Å². The van der Waals surface area contributed by atoms with Crippen LogP contribution in [0.1, 0.15) is 20.8 Å². The molecule has 0 bridgehead atoms. The molecule has 0 amide bonds. The molecule has 60 valence electrons. The van der Waals surface area contributed by atoms with Gasteiger partial charge in [0.1, 0.15) is 6.29 Å². The molecule has 0 fully saturated rings. The summed E-state index contributed by atoms with van der Waals surface area (Å²) in [6.45, 7) is 6.99. The van der Waals surface area contributed by atoms with Gasteiger partial charge in [0.25, 0.3) is 0 Å². The SMILES string of the molecule is CC(C)C(C)N(C)CC=O. The van der Waals surface area contributed by atoms with Crippen molar-refractivity contribution in [3.63, 3.8) is 0 Å². The van der Waals surface area contributed by atoms with E-state index in [1.165, 1.54) is 0 Å². The molecule has 0 rings (SSSR count). The molecule has 0 spiro atoms. The quantitative estimate of drug-likeness (QED) is 0.550. The minimum atomic E-state index is 0.491. The number of likely N-dealkylation sites (N-methyl/N-ethyl adjacent to an activating group) is 1. The third-order valence-electron chi connectivity index (χ3n) is 2.02. The fraction of sp³-hybridized carbons (Fsp3) is 0.875. The van der Waals surface area contributed by atoms with Crippen LogP contribution in [-0.2, 0) is 4.79 Å². The van der Waals surface area contributed by atoms with Gasteiger partial charge in [-0.05, 0) is 19.9 Å². The molecule has 0 aromatic carbocycles. The number of nitrogens with zero attached hydrogens (tertiary/aromatic N) is 1. The van der Waals surface area contributed by atoms with Crippen molar-refractivity contribution in [3.8, 4) is 0 Å². The first-order valence-electron chi connectivity index (χ1n) is 3.73. The highest BCUT2D eigenvalue weighted by molar-refractivity contribution is 5.51. The first-order chi connectivity index (χ1) is 4.59. The maximum atomic E-state index is 10.1. The van der Waals surface area contributed by atoms with E-state index in [2.05, 4.69) is 25.7 Å². The van der Waals surface area contributed by atoms with E-state index in [1.54, 1.807) is 0 Å². The first-order valence-corrected chi connectivity index (χ1v) is 3.73. The summed E-state index contributed by atoms with van der Waals surface area (Å²) < 4.78 is 0. The average molecular weight is 143 g/mol. The van der Waals surface area contributed by atoms with Crippen LogP contribution in [0, 0.1) is 5.92 Å². The van der Waals surface area contributed by atoms with E-state index in [0.717, 1.165) is 6.29 Å². The molecule has 0 saturated heterocycles. The Kier molecular flexibility index (Phi) is 4.28. The van der Waals surface area contributed by atoms with Crippen molar-refractivity contribution in [2.24, 2.45) is 5.92 Å². The second kappa shape index (κ2) is 4.45. The number of rotatable bonds is 4. The summed E-state index contributed by atoms with van der Waals surface area (Å²) >= 11 is 0. The maximum Gasteiger partial charge on any atom is 0.133 e. The highest BCUT2D eigenvalue weighted by atomic mass is 16.1. The van der Waals surface area contributed by atoms with Gasteiger partial charge in [0, 0.05) is 6.04 Å². The average Bonchev–Trinajstić information content (AvgIpc) is 1.87. The lowest BCUT2D eigenvalue weighted by Gasteiger charge is -2.25. The minimum Gasteiger partial charge on any atom is -0.302 e. The molecule has 0 heterocycles. The van der Waals surface area contributed by atoms with Gasteiger partial charge in [0.15, 0.2) is 0 Å². The molecule has 10 heavy (non-hydrogen) atoms. The Morgan fingerprint density at radius 3 is 2.20 bits per heavy atom. The topological polar surface area (TPSA) is 20.3 Å². The zero-order valence-electron chi connectivity index (χ0n) is 7.29. The van der Waals surface area contributed by atoms with Crippen LogP contribution in [0.25, 0.3) is 0 Å². The summed E-state index contributed by atoms with van der Waals surface area (Å²) in [6.07, 6.45) is 0.943. The Bertz CT molecular complexity index is 101. The third kappa shape index (κ3) is 2.97. The molecule has 0 aliphatic carbocycles. The highest BCUT2D eigenvalue weighted by Crippen LogP contribution is 2.06. The number of hydrogen-bond donors (Lipinski definition) is 0. The molecule has 2 nitrogen and oxygen atoms in total. The summed E-state index contributed by atoms with van der Waals surface area (Å²) in [7, 11) is 1.97. The Balaban J connectivity index is 3.68. The van der Waals surface area contributed by atoms with E-state index in [4.69, 9.17) is 0 Å². The van der Waals surface area contributed by atoms with Gasteiger partial charge < -0.3 is 4.79 Å². The van der Waals surface area contributed by atoms with Crippen LogP contribution in [0.2, 0.25) is 0 Å². The molecule has 0 aliphatic rings. The van der Waals surface area contributed by atoms with Crippen molar-refractivity contribution in [3.05, 3.63) is 0 Å². The van der Waals surface area contributed by atoms with E-state index >= 15 is 0 Å². The van der Waals surface area contributed by atoms with Crippen LogP contribution < -0.4 is 0 Å². The lowest BCUT2D eigenvalue weighted by Crippen LogP contribution is -2.34. The van der Waals surface area contributed by atoms with Crippen LogP contribution >= 0.6 is 0 Å². The van der Waals surface area contributed by atoms with Crippen LogP contribution in [0.15, 0.2) is 0 Å². The molecule has 0 radical (unpaired) electrons. The lowest BCUT2D eigenvalue weighted by atomic mass is 10.1. The molecule has 0 saturated carbocycles.